The van der Waals surface area contributed by atoms with Crippen LogP contribution in [-0.4, -0.2) is 27.5 Å². The lowest BCUT2D eigenvalue weighted by Gasteiger charge is -2.12. The van der Waals surface area contributed by atoms with Crippen LogP contribution in [0.15, 0.2) is 79.3 Å². The summed E-state index contributed by atoms with van der Waals surface area (Å²) in [6, 6.07) is 15.4. The molecule has 0 spiro atoms. The van der Waals surface area contributed by atoms with Gasteiger partial charge in [-0.2, -0.15) is 0 Å². The number of nitrogens with zero attached hydrogens (tertiary/aromatic N) is 2. The minimum Gasteiger partial charge on any atom is -0.439 e. The Labute approximate surface area is 217 Å². The van der Waals surface area contributed by atoms with Crippen molar-refractivity contribution in [3.8, 4) is 22.8 Å². The van der Waals surface area contributed by atoms with E-state index in [1.54, 1.807) is 48.8 Å². The van der Waals surface area contributed by atoms with Crippen molar-refractivity contribution in [1.29, 1.82) is 5.41 Å². The second kappa shape index (κ2) is 10.5. The molecule has 0 unspecified atom stereocenters. The number of nitrogens with two attached hydrogens (primary N) is 1. The van der Waals surface area contributed by atoms with Crippen molar-refractivity contribution in [3.05, 3.63) is 90.6 Å². The monoisotopic (exact) mass is 510 g/mol. The zero-order valence-corrected chi connectivity index (χ0v) is 20.1. The third kappa shape index (κ3) is 5.81. The van der Waals surface area contributed by atoms with Gasteiger partial charge in [-0.1, -0.05) is 6.07 Å². The Hall–Kier alpha value is -5.12. The normalized spacial score (nSPS) is 12.4. The number of nitrogens with one attached hydrogen (secondary N) is 3. The minimum absolute atomic E-state index is 0.0232. The van der Waals surface area contributed by atoms with E-state index in [4.69, 9.17) is 15.9 Å². The zero-order valence-electron chi connectivity index (χ0n) is 20.1. The van der Waals surface area contributed by atoms with Crippen molar-refractivity contribution in [2.45, 2.75) is 12.8 Å². The number of halogens is 1. The fourth-order valence-corrected chi connectivity index (χ4v) is 3.66. The summed E-state index contributed by atoms with van der Waals surface area (Å²) in [5.74, 6) is -0.338. The number of hydrogen-bond acceptors (Lipinski definition) is 7. The minimum atomic E-state index is -0.675. The molecule has 0 atom stereocenters. The third-order valence-corrected chi connectivity index (χ3v) is 5.87. The summed E-state index contributed by atoms with van der Waals surface area (Å²) >= 11 is 0. The Bertz CT molecular complexity index is 1520. The SMILES string of the molecule is N=C(C(=O)Nc1ccc(Oc2ccc(F)cc2)nc1)c1cc(-c2cncc(NC(=O)C3CC3)c2)ccc1N. The lowest BCUT2D eigenvalue weighted by molar-refractivity contribution is -0.117. The number of anilines is 3. The first-order chi connectivity index (χ1) is 18.4. The van der Waals surface area contributed by atoms with Gasteiger partial charge in [0, 0.05) is 35.0 Å². The van der Waals surface area contributed by atoms with Gasteiger partial charge in [0.05, 0.1) is 23.8 Å². The fourth-order valence-electron chi connectivity index (χ4n) is 3.66. The molecule has 1 aliphatic carbocycles. The molecule has 9 nitrogen and oxygen atoms in total. The van der Waals surface area contributed by atoms with Crippen LogP contribution in [0.2, 0.25) is 0 Å². The molecular formula is C28H23FN6O3. The largest absolute Gasteiger partial charge is 0.439 e. The highest BCUT2D eigenvalue weighted by molar-refractivity contribution is 6.48. The van der Waals surface area contributed by atoms with Crippen LogP contribution in [0.25, 0.3) is 11.1 Å². The maximum absolute atomic E-state index is 13.1. The molecule has 5 N–H and O–H groups in total. The number of aromatic nitrogens is 2. The number of carbonyl (C=O) groups is 2. The summed E-state index contributed by atoms with van der Waals surface area (Å²) in [6.07, 6.45) is 6.38. The average molecular weight is 511 g/mol. The third-order valence-electron chi connectivity index (χ3n) is 5.87. The number of carbonyl (C=O) groups excluding carboxylic acids is 2. The van der Waals surface area contributed by atoms with Crippen LogP contribution in [0.1, 0.15) is 18.4 Å². The molecule has 38 heavy (non-hydrogen) atoms. The first-order valence-corrected chi connectivity index (χ1v) is 11.8. The Balaban J connectivity index is 1.27. The number of amides is 2. The van der Waals surface area contributed by atoms with Crippen molar-refractivity contribution >= 4 is 34.6 Å². The lowest BCUT2D eigenvalue weighted by Crippen LogP contribution is -2.24. The number of nitrogen functional groups attached to an aromatic ring is 1. The van der Waals surface area contributed by atoms with Crippen molar-refractivity contribution in [2.24, 2.45) is 5.92 Å². The molecule has 10 heteroatoms. The van der Waals surface area contributed by atoms with Crippen LogP contribution in [0.5, 0.6) is 11.6 Å². The van der Waals surface area contributed by atoms with Gasteiger partial charge in [-0.15, -0.1) is 0 Å². The predicted molar refractivity (Wildman–Crippen MR) is 142 cm³/mol. The topological polar surface area (TPSA) is 143 Å². The second-order valence-electron chi connectivity index (χ2n) is 8.80. The molecule has 4 aromatic rings. The summed E-state index contributed by atoms with van der Waals surface area (Å²) in [5, 5.41) is 13.9. The fraction of sp³-hybridized carbons (Fsp3) is 0.107. The quantitative estimate of drug-likeness (QED) is 0.194. The van der Waals surface area contributed by atoms with Crippen LogP contribution in [0.4, 0.5) is 21.5 Å². The number of benzene rings is 2. The van der Waals surface area contributed by atoms with Crippen LogP contribution < -0.4 is 21.1 Å². The van der Waals surface area contributed by atoms with Crippen LogP contribution in [0.3, 0.4) is 0 Å². The molecule has 2 aromatic carbocycles. The summed E-state index contributed by atoms with van der Waals surface area (Å²) in [5.41, 5.74) is 8.59. The molecule has 0 aliphatic heterocycles. The van der Waals surface area contributed by atoms with E-state index < -0.39 is 5.91 Å². The molecule has 0 saturated heterocycles. The van der Waals surface area contributed by atoms with E-state index in [1.165, 1.54) is 30.5 Å². The van der Waals surface area contributed by atoms with E-state index in [0.29, 0.717) is 28.3 Å². The van der Waals surface area contributed by atoms with E-state index in [-0.39, 0.29) is 40.5 Å². The number of ether oxygens (including phenoxy) is 1. The van der Waals surface area contributed by atoms with Crippen LogP contribution >= 0.6 is 0 Å². The average Bonchev–Trinajstić information content (AvgIpc) is 3.77. The van der Waals surface area contributed by atoms with Gasteiger partial charge in [0.2, 0.25) is 11.8 Å². The van der Waals surface area contributed by atoms with E-state index in [0.717, 1.165) is 12.8 Å². The highest BCUT2D eigenvalue weighted by atomic mass is 19.1. The summed E-state index contributed by atoms with van der Waals surface area (Å²) in [7, 11) is 0. The van der Waals surface area contributed by atoms with Crippen molar-refractivity contribution in [1.82, 2.24) is 9.97 Å². The smallest absolute Gasteiger partial charge is 0.274 e. The van der Waals surface area contributed by atoms with E-state index in [2.05, 4.69) is 20.6 Å². The van der Waals surface area contributed by atoms with E-state index >= 15 is 0 Å². The molecule has 2 heterocycles. The Morgan fingerprint density at radius 2 is 1.71 bits per heavy atom. The molecule has 0 radical (unpaired) electrons. The molecular weight excluding hydrogens is 487 g/mol. The van der Waals surface area contributed by atoms with Crippen molar-refractivity contribution < 1.29 is 18.7 Å². The van der Waals surface area contributed by atoms with Gasteiger partial charge in [-0.05, 0) is 66.9 Å². The maximum atomic E-state index is 13.1. The number of hydrogen-bond donors (Lipinski definition) is 4. The summed E-state index contributed by atoms with van der Waals surface area (Å²) in [4.78, 5) is 33.3. The summed E-state index contributed by atoms with van der Waals surface area (Å²) < 4.78 is 18.6. The second-order valence-corrected chi connectivity index (χ2v) is 8.80. The number of rotatable bonds is 8. The maximum Gasteiger partial charge on any atom is 0.274 e. The molecule has 1 fully saturated rings. The highest BCUT2D eigenvalue weighted by Crippen LogP contribution is 2.31. The Morgan fingerprint density at radius 1 is 0.921 bits per heavy atom. The van der Waals surface area contributed by atoms with Crippen LogP contribution in [-0.2, 0) is 9.59 Å². The number of pyridine rings is 2. The summed E-state index contributed by atoms with van der Waals surface area (Å²) in [6.45, 7) is 0. The highest BCUT2D eigenvalue weighted by Gasteiger charge is 2.29. The zero-order chi connectivity index (χ0) is 26.6. The molecule has 1 aliphatic rings. The van der Waals surface area contributed by atoms with Crippen molar-refractivity contribution in [3.63, 3.8) is 0 Å². The van der Waals surface area contributed by atoms with Crippen molar-refractivity contribution in [2.75, 3.05) is 16.4 Å². The van der Waals surface area contributed by atoms with Gasteiger partial charge in [0.25, 0.3) is 5.91 Å². The molecule has 0 bridgehead atoms. The van der Waals surface area contributed by atoms with E-state index in [1.807, 2.05) is 0 Å². The van der Waals surface area contributed by atoms with Gasteiger partial charge in [-0.25, -0.2) is 9.37 Å². The van der Waals surface area contributed by atoms with Gasteiger partial charge >= 0.3 is 0 Å². The molecule has 5 rings (SSSR count). The van der Waals surface area contributed by atoms with Gasteiger partial charge in [0.1, 0.15) is 17.3 Å². The standard InChI is InChI=1S/C28H23FN6O3/c29-19-4-7-22(8-5-19)38-25-10-6-20(15-33-25)34-28(37)26(31)23-12-17(3-9-24(23)30)18-11-21(14-32-13-18)35-27(36)16-1-2-16/h3-16,31H,1-2,30H2,(H,34,37)(H,35,36). The Morgan fingerprint density at radius 3 is 2.42 bits per heavy atom. The molecule has 1 saturated carbocycles. The van der Waals surface area contributed by atoms with E-state index in [9.17, 15) is 14.0 Å². The van der Waals surface area contributed by atoms with Gasteiger partial charge in [-0.3, -0.25) is 20.0 Å². The molecule has 2 amide bonds. The Kier molecular flexibility index (Phi) is 6.77. The van der Waals surface area contributed by atoms with Crippen LogP contribution in [0, 0.1) is 17.1 Å². The van der Waals surface area contributed by atoms with Gasteiger partial charge < -0.3 is 21.1 Å². The van der Waals surface area contributed by atoms with Gasteiger partial charge in [0.15, 0.2) is 0 Å². The molecule has 2 aromatic heterocycles. The molecule has 190 valence electrons. The predicted octanol–water partition coefficient (Wildman–Crippen LogP) is 5.01. The first-order valence-electron chi connectivity index (χ1n) is 11.8. The first kappa shape index (κ1) is 24.6. The lowest BCUT2D eigenvalue weighted by atomic mass is 10.00.